The van der Waals surface area contributed by atoms with E-state index in [0.717, 1.165) is 0 Å². The Labute approximate surface area is 53.4 Å². The summed E-state index contributed by atoms with van der Waals surface area (Å²) in [7, 11) is 0.605. The van der Waals surface area contributed by atoms with Gasteiger partial charge in [0.25, 0.3) is 0 Å². The highest BCUT2D eigenvalue weighted by atomic mass is 79.9. The number of alkyl halides is 2. The van der Waals surface area contributed by atoms with Crippen LogP contribution in [0.5, 0.6) is 0 Å². The number of halogens is 2. The molecule has 5 heteroatoms. The Morgan fingerprint density at radius 1 is 1.67 bits per heavy atom. The van der Waals surface area contributed by atoms with Crippen LogP contribution >= 0.6 is 31.9 Å². The first-order valence-corrected chi connectivity index (χ1v) is 3.00. The Kier molecular flexibility index (Phi) is 4.76. The Hall–Kier alpha value is 0.945. The lowest BCUT2D eigenvalue weighted by atomic mass is 10.4. The van der Waals surface area contributed by atoms with Crippen LogP contribution in [0, 0.1) is 0 Å². The highest BCUT2D eigenvalue weighted by Gasteiger charge is 1.93. The smallest absolute Gasteiger partial charge is 0.429 e. The summed E-state index contributed by atoms with van der Waals surface area (Å²) in [6.45, 7) is 0. The summed E-state index contributed by atoms with van der Waals surface area (Å²) in [5.41, 5.74) is 0. The monoisotopic (exact) mass is 215 g/mol. The van der Waals surface area contributed by atoms with E-state index in [1.54, 1.807) is 0 Å². The van der Waals surface area contributed by atoms with Crippen molar-refractivity contribution in [3.63, 3.8) is 0 Å². The predicted octanol–water partition coefficient (Wildman–Crippen LogP) is 0.603. The van der Waals surface area contributed by atoms with Crippen molar-refractivity contribution in [2.45, 2.75) is 3.92 Å². The van der Waals surface area contributed by atoms with Gasteiger partial charge in [-0.15, -0.1) is 0 Å². The zero-order valence-corrected chi connectivity index (χ0v) is 5.94. The number of hydrogen-bond donors (Lipinski definition) is 1. The van der Waals surface area contributed by atoms with E-state index in [0.29, 0.717) is 7.69 Å². The maximum absolute atomic E-state index is 7.83. The van der Waals surface area contributed by atoms with Crippen LogP contribution in [0.25, 0.3) is 0 Å². The summed E-state index contributed by atoms with van der Waals surface area (Å²) in [6, 6.07) is 0. The summed E-state index contributed by atoms with van der Waals surface area (Å²) < 4.78 is 4.02. The zero-order chi connectivity index (χ0) is 4.99. The van der Waals surface area contributed by atoms with Gasteiger partial charge >= 0.3 is 7.69 Å². The molecule has 2 nitrogen and oxygen atoms in total. The minimum Gasteiger partial charge on any atom is -0.429 e. The van der Waals surface area contributed by atoms with Gasteiger partial charge in [-0.25, -0.2) is 0 Å². The van der Waals surface area contributed by atoms with Crippen LogP contribution in [0.15, 0.2) is 0 Å². The van der Waals surface area contributed by atoms with E-state index >= 15 is 0 Å². The topological polar surface area (TPSA) is 29.5 Å². The third kappa shape index (κ3) is 4.94. The molecule has 0 fully saturated rings. The molecular formula is CH2BBr2O2. The lowest BCUT2D eigenvalue weighted by Crippen LogP contribution is -1.98. The van der Waals surface area contributed by atoms with Crippen molar-refractivity contribution in [3.05, 3.63) is 0 Å². The van der Waals surface area contributed by atoms with Gasteiger partial charge in [0.1, 0.15) is 0 Å². The van der Waals surface area contributed by atoms with Crippen molar-refractivity contribution in [2.75, 3.05) is 0 Å². The molecule has 6 heavy (non-hydrogen) atoms. The molecule has 35 valence electrons. The molecule has 0 aromatic heterocycles. The molecule has 0 bridgehead atoms. The molecule has 0 atom stereocenters. The maximum atomic E-state index is 7.83. The van der Waals surface area contributed by atoms with Gasteiger partial charge in [-0.3, -0.25) is 0 Å². The van der Waals surface area contributed by atoms with Gasteiger partial charge in [-0.05, 0) is 31.9 Å². The quantitative estimate of drug-likeness (QED) is 0.541. The molecule has 0 aliphatic carbocycles. The normalized spacial score (nSPS) is 9.33. The third-order valence-electron chi connectivity index (χ3n) is 0.164. The molecule has 0 aliphatic rings. The minimum atomic E-state index is -0.282. The van der Waals surface area contributed by atoms with Crippen LogP contribution in [0.1, 0.15) is 0 Å². The summed E-state index contributed by atoms with van der Waals surface area (Å²) >= 11 is 5.88. The summed E-state index contributed by atoms with van der Waals surface area (Å²) in [5, 5.41) is 7.83. The molecule has 0 aromatic rings. The van der Waals surface area contributed by atoms with Crippen molar-refractivity contribution < 1.29 is 9.68 Å². The molecular weight excluding hydrogens is 215 g/mol. The van der Waals surface area contributed by atoms with Crippen molar-refractivity contribution in [1.82, 2.24) is 0 Å². The van der Waals surface area contributed by atoms with Crippen LogP contribution < -0.4 is 0 Å². The highest BCUT2D eigenvalue weighted by molar-refractivity contribution is 9.24. The average molecular weight is 217 g/mol. The molecule has 0 spiro atoms. The highest BCUT2D eigenvalue weighted by Crippen LogP contribution is 2.06. The van der Waals surface area contributed by atoms with Gasteiger partial charge in [0.15, 0.2) is 3.92 Å². The standard InChI is InChI=1S/CH2BBr2O2/c3-1(4)6-2-5/h1,5H. The number of rotatable bonds is 2. The van der Waals surface area contributed by atoms with Gasteiger partial charge in [0.2, 0.25) is 0 Å². The Bertz CT molecular complexity index is 32.7. The van der Waals surface area contributed by atoms with Crippen molar-refractivity contribution >= 4 is 39.5 Å². The second kappa shape index (κ2) is 4.11. The molecule has 0 aromatic carbocycles. The van der Waals surface area contributed by atoms with E-state index in [4.69, 9.17) is 5.02 Å². The molecule has 0 rings (SSSR count). The van der Waals surface area contributed by atoms with Crippen molar-refractivity contribution in [3.8, 4) is 0 Å². The Balaban J connectivity index is 2.63. The molecule has 0 unspecified atom stereocenters. The second-order valence-corrected chi connectivity index (χ2v) is 3.39. The Morgan fingerprint density at radius 3 is 2.17 bits per heavy atom. The van der Waals surface area contributed by atoms with Crippen LogP contribution in [0.4, 0.5) is 0 Å². The summed E-state index contributed by atoms with van der Waals surface area (Å²) in [4.78, 5) is 0. The van der Waals surface area contributed by atoms with E-state index in [9.17, 15) is 0 Å². The fourth-order valence-electron chi connectivity index (χ4n) is 0.0460. The molecule has 0 heterocycles. The van der Waals surface area contributed by atoms with Gasteiger partial charge < -0.3 is 9.68 Å². The molecule has 0 saturated carbocycles. The van der Waals surface area contributed by atoms with Crippen LogP contribution in [0.2, 0.25) is 0 Å². The van der Waals surface area contributed by atoms with Gasteiger partial charge in [-0.2, -0.15) is 0 Å². The van der Waals surface area contributed by atoms with Crippen LogP contribution in [-0.4, -0.2) is 16.6 Å². The van der Waals surface area contributed by atoms with E-state index in [-0.39, 0.29) is 3.92 Å². The SMILES string of the molecule is O[B]OC(Br)Br. The summed E-state index contributed by atoms with van der Waals surface area (Å²) in [5.74, 6) is 0. The maximum Gasteiger partial charge on any atom is 0.486 e. The molecule has 0 aliphatic heterocycles. The predicted molar refractivity (Wildman–Crippen MR) is 30.7 cm³/mol. The van der Waals surface area contributed by atoms with Crippen molar-refractivity contribution in [2.24, 2.45) is 0 Å². The van der Waals surface area contributed by atoms with Crippen LogP contribution in [0.3, 0.4) is 0 Å². The van der Waals surface area contributed by atoms with Gasteiger partial charge in [0.05, 0.1) is 0 Å². The van der Waals surface area contributed by atoms with Gasteiger partial charge in [-0.1, -0.05) is 0 Å². The lowest BCUT2D eigenvalue weighted by Gasteiger charge is -1.93. The first-order valence-electron chi connectivity index (χ1n) is 1.17. The van der Waals surface area contributed by atoms with E-state index < -0.39 is 0 Å². The van der Waals surface area contributed by atoms with Gasteiger partial charge in [0, 0.05) is 0 Å². The average Bonchev–Trinajstić information content (AvgIpc) is 1.35. The number of hydrogen-bond acceptors (Lipinski definition) is 2. The molecule has 1 radical (unpaired) electrons. The minimum absolute atomic E-state index is 0.282. The molecule has 1 N–H and O–H groups in total. The fraction of sp³-hybridized carbons (Fsp3) is 1.00. The molecule has 0 saturated heterocycles. The first-order chi connectivity index (χ1) is 2.77. The summed E-state index contributed by atoms with van der Waals surface area (Å²) in [6.07, 6.45) is 0. The fourth-order valence-corrected chi connectivity index (χ4v) is 0.239. The largest absolute Gasteiger partial charge is 0.486 e. The van der Waals surface area contributed by atoms with Crippen molar-refractivity contribution in [1.29, 1.82) is 0 Å². The first kappa shape index (κ1) is 6.94. The third-order valence-corrected chi connectivity index (χ3v) is 0.595. The Morgan fingerprint density at radius 2 is 2.17 bits per heavy atom. The van der Waals surface area contributed by atoms with Crippen LogP contribution in [-0.2, 0) is 4.65 Å². The van der Waals surface area contributed by atoms with E-state index in [2.05, 4.69) is 36.5 Å². The second-order valence-electron chi connectivity index (χ2n) is 0.502. The van der Waals surface area contributed by atoms with E-state index in [1.165, 1.54) is 0 Å². The molecule has 0 amide bonds. The zero-order valence-electron chi connectivity index (χ0n) is 2.77. The lowest BCUT2D eigenvalue weighted by molar-refractivity contribution is 0.330. The van der Waals surface area contributed by atoms with E-state index in [1.807, 2.05) is 0 Å².